The lowest BCUT2D eigenvalue weighted by atomic mass is 10.2. The zero-order chi connectivity index (χ0) is 15.5. The molecule has 0 fully saturated rings. The molecule has 1 aromatic heterocycles. The van der Waals surface area contributed by atoms with E-state index in [-0.39, 0.29) is 5.75 Å². The van der Waals surface area contributed by atoms with Gasteiger partial charge in [0.05, 0.1) is 5.75 Å². The van der Waals surface area contributed by atoms with Crippen LogP contribution < -0.4 is 4.72 Å². The van der Waals surface area contributed by atoms with Crippen molar-refractivity contribution in [2.75, 3.05) is 5.75 Å². The van der Waals surface area contributed by atoms with Crippen molar-refractivity contribution in [3.63, 3.8) is 0 Å². The summed E-state index contributed by atoms with van der Waals surface area (Å²) in [6, 6.07) is 11.7. The number of hydrogen-bond acceptors (Lipinski definition) is 2. The molecule has 0 atom stereocenters. The summed E-state index contributed by atoms with van der Waals surface area (Å²) in [5.74, 6) is 0.113. The maximum Gasteiger partial charge on any atom is 0.212 e. The highest BCUT2D eigenvalue weighted by Gasteiger charge is 2.12. The van der Waals surface area contributed by atoms with Crippen LogP contribution in [0.1, 0.15) is 22.5 Å². The fraction of sp³-hybridized carbons (Fsp3) is 0.375. The summed E-state index contributed by atoms with van der Waals surface area (Å²) in [5.41, 5.74) is 4.29. The van der Waals surface area contributed by atoms with Gasteiger partial charge in [0, 0.05) is 25.0 Å². The first-order chi connectivity index (χ1) is 9.89. The highest BCUT2D eigenvalue weighted by molar-refractivity contribution is 7.89. The van der Waals surface area contributed by atoms with Crippen molar-refractivity contribution in [1.29, 1.82) is 0 Å². The summed E-state index contributed by atoms with van der Waals surface area (Å²) in [6.07, 6.45) is 0.531. The van der Waals surface area contributed by atoms with Crippen molar-refractivity contribution in [2.45, 2.75) is 26.8 Å². The van der Waals surface area contributed by atoms with E-state index in [2.05, 4.69) is 9.29 Å². The smallest absolute Gasteiger partial charge is 0.212 e. The Morgan fingerprint density at radius 2 is 1.81 bits per heavy atom. The molecule has 1 aromatic carbocycles. The van der Waals surface area contributed by atoms with Crippen LogP contribution in [-0.4, -0.2) is 18.7 Å². The summed E-state index contributed by atoms with van der Waals surface area (Å²) < 4.78 is 28.9. The lowest BCUT2D eigenvalue weighted by Gasteiger charge is -2.07. The molecule has 0 saturated heterocycles. The fourth-order valence-electron chi connectivity index (χ4n) is 2.27. The lowest BCUT2D eigenvalue weighted by Crippen LogP contribution is -2.27. The van der Waals surface area contributed by atoms with Crippen LogP contribution in [0.4, 0.5) is 0 Å². The van der Waals surface area contributed by atoms with Crippen molar-refractivity contribution in [1.82, 2.24) is 9.29 Å². The van der Waals surface area contributed by atoms with Crippen LogP contribution >= 0.6 is 0 Å². The van der Waals surface area contributed by atoms with Gasteiger partial charge in [0.2, 0.25) is 10.0 Å². The van der Waals surface area contributed by atoms with Crippen LogP contribution in [0, 0.1) is 13.8 Å². The van der Waals surface area contributed by atoms with Gasteiger partial charge in [-0.1, -0.05) is 30.3 Å². The average Bonchev–Trinajstić information content (AvgIpc) is 2.72. The predicted octanol–water partition coefficient (Wildman–Crippen LogP) is 2.30. The number of hydrogen-bond donors (Lipinski definition) is 1. The zero-order valence-electron chi connectivity index (χ0n) is 12.8. The second-order valence-corrected chi connectivity index (χ2v) is 7.26. The molecular weight excluding hydrogens is 284 g/mol. The number of sulfonamides is 1. The minimum atomic E-state index is -3.26. The third-order valence-corrected chi connectivity index (χ3v) is 5.19. The normalized spacial score (nSPS) is 11.8. The minimum absolute atomic E-state index is 0.113. The molecule has 4 nitrogen and oxygen atoms in total. The molecule has 0 aliphatic rings. The van der Waals surface area contributed by atoms with Crippen LogP contribution in [0.2, 0.25) is 0 Å². The zero-order valence-corrected chi connectivity index (χ0v) is 13.6. The topological polar surface area (TPSA) is 51.1 Å². The van der Waals surface area contributed by atoms with E-state index in [0.717, 1.165) is 22.5 Å². The average molecular weight is 306 g/mol. The van der Waals surface area contributed by atoms with E-state index in [9.17, 15) is 8.42 Å². The number of aromatic nitrogens is 1. The number of nitrogens with zero attached hydrogens (tertiary/aromatic N) is 1. The molecule has 5 heteroatoms. The summed E-state index contributed by atoms with van der Waals surface area (Å²) in [4.78, 5) is 0. The van der Waals surface area contributed by atoms with Crippen LogP contribution in [0.15, 0.2) is 36.4 Å². The third-order valence-electron chi connectivity index (χ3n) is 3.86. The molecule has 0 radical (unpaired) electrons. The van der Waals surface area contributed by atoms with Crippen molar-refractivity contribution in [2.24, 2.45) is 7.05 Å². The van der Waals surface area contributed by atoms with E-state index < -0.39 is 10.0 Å². The first-order valence-electron chi connectivity index (χ1n) is 7.02. The Hall–Kier alpha value is -1.59. The summed E-state index contributed by atoms with van der Waals surface area (Å²) in [7, 11) is -1.27. The van der Waals surface area contributed by atoms with Crippen molar-refractivity contribution in [3.8, 4) is 0 Å². The predicted molar refractivity (Wildman–Crippen MR) is 85.7 cm³/mol. The molecular formula is C16H22N2O2S. The Kier molecular flexibility index (Phi) is 4.85. The molecule has 0 aliphatic carbocycles. The fourth-order valence-corrected chi connectivity index (χ4v) is 3.29. The minimum Gasteiger partial charge on any atom is -0.352 e. The second-order valence-electron chi connectivity index (χ2n) is 5.33. The Morgan fingerprint density at radius 1 is 1.14 bits per heavy atom. The van der Waals surface area contributed by atoms with E-state index >= 15 is 0 Å². The molecule has 0 bridgehead atoms. The van der Waals surface area contributed by atoms with Gasteiger partial charge < -0.3 is 4.57 Å². The highest BCUT2D eigenvalue weighted by atomic mass is 32.2. The Balaban J connectivity index is 1.93. The number of benzene rings is 1. The SMILES string of the molecule is Cc1cc(CNS(=O)(=O)CCc2ccccc2)c(C)n1C. The number of rotatable bonds is 6. The van der Waals surface area contributed by atoms with Crippen LogP contribution in [0.5, 0.6) is 0 Å². The Labute approximate surface area is 126 Å². The van der Waals surface area contributed by atoms with Gasteiger partial charge in [0.1, 0.15) is 0 Å². The standard InChI is InChI=1S/C16H22N2O2S/c1-13-11-16(14(2)18(13)3)12-17-21(19,20)10-9-15-7-5-4-6-8-15/h4-8,11,17H,9-10,12H2,1-3H3. The van der Waals surface area contributed by atoms with Gasteiger partial charge >= 0.3 is 0 Å². The van der Waals surface area contributed by atoms with Gasteiger partial charge in [-0.25, -0.2) is 13.1 Å². The van der Waals surface area contributed by atoms with Crippen LogP contribution in [-0.2, 0) is 30.0 Å². The maximum atomic E-state index is 12.1. The quantitative estimate of drug-likeness (QED) is 0.890. The Morgan fingerprint density at radius 3 is 2.38 bits per heavy atom. The first kappa shape index (κ1) is 15.8. The second kappa shape index (κ2) is 6.45. The van der Waals surface area contributed by atoms with Gasteiger partial charge in [-0.15, -0.1) is 0 Å². The van der Waals surface area contributed by atoms with Crippen molar-refractivity contribution >= 4 is 10.0 Å². The maximum absolute atomic E-state index is 12.1. The van der Waals surface area contributed by atoms with E-state index in [0.29, 0.717) is 13.0 Å². The highest BCUT2D eigenvalue weighted by Crippen LogP contribution is 2.13. The molecule has 21 heavy (non-hydrogen) atoms. The molecule has 2 aromatic rings. The lowest BCUT2D eigenvalue weighted by molar-refractivity contribution is 0.580. The van der Waals surface area contributed by atoms with Gasteiger partial charge in [0.25, 0.3) is 0 Å². The Bertz CT molecular complexity index is 703. The van der Waals surface area contributed by atoms with E-state index in [1.165, 1.54) is 0 Å². The summed E-state index contributed by atoms with van der Waals surface area (Å²) in [6.45, 7) is 4.37. The van der Waals surface area contributed by atoms with Crippen molar-refractivity contribution in [3.05, 3.63) is 58.9 Å². The molecule has 0 saturated carbocycles. The van der Waals surface area contributed by atoms with Gasteiger partial charge in [-0.3, -0.25) is 0 Å². The van der Waals surface area contributed by atoms with Gasteiger partial charge in [0.15, 0.2) is 0 Å². The number of nitrogens with one attached hydrogen (secondary N) is 1. The molecule has 0 spiro atoms. The molecule has 114 valence electrons. The molecule has 0 unspecified atom stereocenters. The van der Waals surface area contributed by atoms with E-state index in [1.54, 1.807) is 0 Å². The molecule has 1 heterocycles. The van der Waals surface area contributed by atoms with E-state index in [4.69, 9.17) is 0 Å². The van der Waals surface area contributed by atoms with Gasteiger partial charge in [-0.2, -0.15) is 0 Å². The summed E-state index contributed by atoms with van der Waals surface area (Å²) in [5, 5.41) is 0. The molecule has 0 aliphatic heterocycles. The largest absolute Gasteiger partial charge is 0.352 e. The summed E-state index contributed by atoms with van der Waals surface area (Å²) >= 11 is 0. The van der Waals surface area contributed by atoms with Crippen molar-refractivity contribution < 1.29 is 8.42 Å². The monoisotopic (exact) mass is 306 g/mol. The van der Waals surface area contributed by atoms with Crippen LogP contribution in [0.25, 0.3) is 0 Å². The molecule has 1 N–H and O–H groups in total. The van der Waals surface area contributed by atoms with Crippen LogP contribution in [0.3, 0.4) is 0 Å². The third kappa shape index (κ3) is 4.19. The number of aryl methyl sites for hydroxylation is 2. The van der Waals surface area contributed by atoms with Gasteiger partial charge in [-0.05, 0) is 37.5 Å². The molecule has 2 rings (SSSR count). The van der Waals surface area contributed by atoms with E-state index in [1.807, 2.05) is 57.3 Å². The first-order valence-corrected chi connectivity index (χ1v) is 8.67. The molecule has 0 amide bonds.